The number of hydrogen-bond acceptors (Lipinski definition) is 5. The Bertz CT molecular complexity index is 535. The Morgan fingerprint density at radius 2 is 2.29 bits per heavy atom. The van der Waals surface area contributed by atoms with Crippen LogP contribution in [0.2, 0.25) is 0 Å². The highest BCUT2D eigenvalue weighted by atomic mass is 32.2. The monoisotopic (exact) mass is 209 g/mol. The van der Waals surface area contributed by atoms with E-state index in [2.05, 4.69) is 4.98 Å². The van der Waals surface area contributed by atoms with E-state index in [9.17, 15) is 9.90 Å². The van der Waals surface area contributed by atoms with Crippen LogP contribution in [0.4, 0.5) is 0 Å². The van der Waals surface area contributed by atoms with Gasteiger partial charge in [0.2, 0.25) is 0 Å². The maximum atomic E-state index is 11.4. The van der Waals surface area contributed by atoms with Crippen molar-refractivity contribution < 1.29 is 9.52 Å². The fourth-order valence-electron chi connectivity index (χ4n) is 1.14. The van der Waals surface area contributed by atoms with Crippen molar-refractivity contribution >= 4 is 22.7 Å². The Kier molecular flexibility index (Phi) is 2.17. The molecule has 0 spiro atoms. The third kappa shape index (κ3) is 1.35. The van der Waals surface area contributed by atoms with Gasteiger partial charge in [0.05, 0.1) is 5.39 Å². The highest BCUT2D eigenvalue weighted by molar-refractivity contribution is 7.98. The van der Waals surface area contributed by atoms with Gasteiger partial charge in [-0.3, -0.25) is 4.79 Å². The van der Waals surface area contributed by atoms with Crippen molar-refractivity contribution in [3.05, 3.63) is 28.6 Å². The number of hydrogen-bond donors (Lipinski definition) is 1. The first kappa shape index (κ1) is 9.08. The van der Waals surface area contributed by atoms with Crippen molar-refractivity contribution in [1.29, 1.82) is 0 Å². The average molecular weight is 209 g/mol. The number of nitrogens with zero attached hydrogens (tertiary/aromatic N) is 1. The molecule has 0 bridgehead atoms. The van der Waals surface area contributed by atoms with E-state index in [-0.39, 0.29) is 22.1 Å². The Balaban J connectivity index is 2.91. The summed E-state index contributed by atoms with van der Waals surface area (Å²) in [6.45, 7) is 0. The molecule has 72 valence electrons. The molecule has 1 aromatic carbocycles. The van der Waals surface area contributed by atoms with Gasteiger partial charge in [-0.1, -0.05) is 17.8 Å². The number of phenols is 1. The maximum Gasteiger partial charge on any atom is 0.284 e. The first-order chi connectivity index (χ1) is 6.72. The molecule has 0 aliphatic heterocycles. The summed E-state index contributed by atoms with van der Waals surface area (Å²) in [4.78, 5) is 15.1. The van der Waals surface area contributed by atoms with Gasteiger partial charge in [-0.25, -0.2) is 0 Å². The molecule has 2 rings (SSSR count). The number of aromatic nitrogens is 1. The van der Waals surface area contributed by atoms with Crippen LogP contribution in [0.25, 0.3) is 11.0 Å². The molecule has 0 aliphatic carbocycles. The second-order valence-corrected chi connectivity index (χ2v) is 3.40. The van der Waals surface area contributed by atoms with Crippen LogP contribution in [-0.2, 0) is 0 Å². The van der Waals surface area contributed by atoms with Crippen molar-refractivity contribution in [1.82, 2.24) is 4.98 Å². The number of fused-ring (bicyclic) bond motifs is 1. The van der Waals surface area contributed by atoms with Crippen LogP contribution in [0.3, 0.4) is 0 Å². The lowest BCUT2D eigenvalue weighted by atomic mass is 10.2. The molecule has 4 nitrogen and oxygen atoms in total. The summed E-state index contributed by atoms with van der Waals surface area (Å²) in [5, 5.41) is 9.99. The second kappa shape index (κ2) is 3.34. The van der Waals surface area contributed by atoms with E-state index in [0.717, 1.165) is 0 Å². The molecule has 0 saturated heterocycles. The zero-order valence-corrected chi connectivity index (χ0v) is 8.17. The van der Waals surface area contributed by atoms with Crippen LogP contribution in [-0.4, -0.2) is 16.3 Å². The molecule has 1 heterocycles. The Morgan fingerprint density at radius 1 is 1.50 bits per heavy atom. The summed E-state index contributed by atoms with van der Waals surface area (Å²) in [6.07, 6.45) is 1.75. The maximum absolute atomic E-state index is 11.4. The van der Waals surface area contributed by atoms with Gasteiger partial charge < -0.3 is 9.52 Å². The van der Waals surface area contributed by atoms with Crippen LogP contribution in [0.15, 0.2) is 32.6 Å². The van der Waals surface area contributed by atoms with E-state index in [1.54, 1.807) is 18.4 Å². The van der Waals surface area contributed by atoms with Gasteiger partial charge in [0, 0.05) is 0 Å². The number of benzene rings is 1. The third-order valence-corrected chi connectivity index (χ3v) is 2.31. The summed E-state index contributed by atoms with van der Waals surface area (Å²) in [6, 6.07) is 4.61. The van der Waals surface area contributed by atoms with Gasteiger partial charge >= 0.3 is 0 Å². The smallest absolute Gasteiger partial charge is 0.284 e. The Labute approximate surface area is 83.6 Å². The standard InChI is InChI=1S/C9H7NO3S/c1-14-9-10-8(12)5-3-2-4-6(11)7(5)13-9/h2-4,11H,1H3. The zero-order valence-electron chi connectivity index (χ0n) is 7.35. The van der Waals surface area contributed by atoms with E-state index < -0.39 is 0 Å². The number of para-hydroxylation sites is 1. The minimum atomic E-state index is -0.383. The van der Waals surface area contributed by atoms with Gasteiger partial charge in [0.15, 0.2) is 11.3 Å². The van der Waals surface area contributed by atoms with Gasteiger partial charge in [-0.15, -0.1) is 0 Å². The molecule has 0 fully saturated rings. The molecule has 0 saturated carbocycles. The van der Waals surface area contributed by atoms with Crippen LogP contribution >= 0.6 is 11.8 Å². The lowest BCUT2D eigenvalue weighted by molar-refractivity contribution is 0.423. The number of phenolic OH excluding ortho intramolecular Hbond substituents is 1. The fraction of sp³-hybridized carbons (Fsp3) is 0.111. The largest absolute Gasteiger partial charge is 0.504 e. The molecule has 0 unspecified atom stereocenters. The van der Waals surface area contributed by atoms with E-state index in [1.165, 1.54) is 17.8 Å². The molecule has 0 aliphatic rings. The molecular weight excluding hydrogens is 202 g/mol. The van der Waals surface area contributed by atoms with Crippen LogP contribution in [0.5, 0.6) is 5.75 Å². The lowest BCUT2D eigenvalue weighted by Gasteiger charge is -1.99. The van der Waals surface area contributed by atoms with E-state index in [4.69, 9.17) is 4.42 Å². The zero-order chi connectivity index (χ0) is 10.1. The van der Waals surface area contributed by atoms with Crippen LogP contribution < -0.4 is 5.56 Å². The first-order valence-corrected chi connectivity index (χ1v) is 5.11. The fourth-order valence-corrected chi connectivity index (χ4v) is 1.48. The highest BCUT2D eigenvalue weighted by Crippen LogP contribution is 2.24. The van der Waals surface area contributed by atoms with Crippen molar-refractivity contribution in [2.24, 2.45) is 0 Å². The van der Waals surface area contributed by atoms with E-state index in [1.807, 2.05) is 0 Å². The van der Waals surface area contributed by atoms with Crippen molar-refractivity contribution in [2.45, 2.75) is 5.22 Å². The normalized spacial score (nSPS) is 10.6. The summed E-state index contributed by atoms with van der Waals surface area (Å²) in [7, 11) is 0. The summed E-state index contributed by atoms with van der Waals surface area (Å²) < 4.78 is 5.22. The third-order valence-electron chi connectivity index (χ3n) is 1.78. The minimum Gasteiger partial charge on any atom is -0.504 e. The molecule has 5 heteroatoms. The molecule has 1 N–H and O–H groups in total. The number of thioether (sulfide) groups is 1. The topological polar surface area (TPSA) is 63.3 Å². The van der Waals surface area contributed by atoms with Crippen molar-refractivity contribution in [2.75, 3.05) is 6.26 Å². The van der Waals surface area contributed by atoms with Gasteiger partial charge in [-0.2, -0.15) is 4.98 Å². The predicted molar refractivity (Wildman–Crippen MR) is 53.7 cm³/mol. The first-order valence-electron chi connectivity index (χ1n) is 3.89. The molecule has 2 aromatic rings. The van der Waals surface area contributed by atoms with Crippen molar-refractivity contribution in [3.63, 3.8) is 0 Å². The van der Waals surface area contributed by atoms with Crippen LogP contribution in [0.1, 0.15) is 0 Å². The lowest BCUT2D eigenvalue weighted by Crippen LogP contribution is -2.06. The SMILES string of the molecule is CSc1nc(=O)c2cccc(O)c2o1. The van der Waals surface area contributed by atoms with Gasteiger partial charge in [0.25, 0.3) is 10.8 Å². The quantitative estimate of drug-likeness (QED) is 0.723. The molecule has 0 atom stereocenters. The second-order valence-electron chi connectivity index (χ2n) is 2.64. The van der Waals surface area contributed by atoms with Crippen LogP contribution in [0, 0.1) is 0 Å². The van der Waals surface area contributed by atoms with Gasteiger partial charge in [0.1, 0.15) is 0 Å². The van der Waals surface area contributed by atoms with Gasteiger partial charge in [-0.05, 0) is 18.4 Å². The summed E-state index contributed by atoms with van der Waals surface area (Å²) in [5.41, 5.74) is -0.191. The van der Waals surface area contributed by atoms with E-state index in [0.29, 0.717) is 5.39 Å². The van der Waals surface area contributed by atoms with E-state index >= 15 is 0 Å². The predicted octanol–water partition coefficient (Wildman–Crippen LogP) is 1.62. The summed E-state index contributed by atoms with van der Waals surface area (Å²) in [5.74, 6) is -0.0442. The number of aromatic hydroxyl groups is 1. The molecule has 0 radical (unpaired) electrons. The minimum absolute atomic E-state index is 0.0442. The molecule has 14 heavy (non-hydrogen) atoms. The molecule has 1 aromatic heterocycles. The number of rotatable bonds is 1. The summed E-state index contributed by atoms with van der Waals surface area (Å²) >= 11 is 1.22. The Morgan fingerprint density at radius 3 is 3.00 bits per heavy atom. The van der Waals surface area contributed by atoms with Crippen molar-refractivity contribution in [3.8, 4) is 5.75 Å². The highest BCUT2D eigenvalue weighted by Gasteiger charge is 2.08. The average Bonchev–Trinajstić information content (AvgIpc) is 2.19. The molecular formula is C9H7NO3S. The Hall–Kier alpha value is -1.49. The molecule has 0 amide bonds.